The summed E-state index contributed by atoms with van der Waals surface area (Å²) in [5, 5.41) is 19.9. The highest BCUT2D eigenvalue weighted by atomic mass is 32.2. The number of hydrogen-bond acceptors (Lipinski definition) is 5. The van der Waals surface area contributed by atoms with E-state index in [4.69, 9.17) is 5.11 Å². The summed E-state index contributed by atoms with van der Waals surface area (Å²) in [6.45, 7) is 0. The van der Waals surface area contributed by atoms with Crippen LogP contribution in [0.1, 0.15) is 0 Å². The maximum Gasteiger partial charge on any atom is 0.327 e. The lowest BCUT2D eigenvalue weighted by atomic mass is 10.2. The van der Waals surface area contributed by atoms with E-state index in [1.54, 1.807) is 23.1 Å². The molecule has 1 N–H and O–H groups in total. The first kappa shape index (κ1) is 11.7. The van der Waals surface area contributed by atoms with Gasteiger partial charge in [-0.1, -0.05) is 12.1 Å². The zero-order valence-electron chi connectivity index (χ0n) is 8.78. The fourth-order valence-electron chi connectivity index (χ4n) is 1.75. The van der Waals surface area contributed by atoms with Gasteiger partial charge in [-0.3, -0.25) is 10.1 Å². The minimum Gasteiger partial charge on any atom is -0.480 e. The molecule has 0 amide bonds. The molecular weight excluding hydrogens is 244 g/mol. The molecule has 7 heteroatoms. The Morgan fingerprint density at radius 1 is 1.53 bits per heavy atom. The molecule has 6 nitrogen and oxygen atoms in total. The van der Waals surface area contributed by atoms with Crippen molar-refractivity contribution in [3.05, 3.63) is 34.4 Å². The molecule has 17 heavy (non-hydrogen) atoms. The highest BCUT2D eigenvalue weighted by molar-refractivity contribution is 7.99. The van der Waals surface area contributed by atoms with Crippen molar-refractivity contribution in [1.82, 2.24) is 0 Å². The molecule has 0 saturated carbocycles. The molecule has 1 atom stereocenters. The number of carboxylic acid groups (broad SMARTS) is 1. The van der Waals surface area contributed by atoms with Gasteiger partial charge in [0, 0.05) is 11.8 Å². The third kappa shape index (κ3) is 2.19. The molecule has 2 rings (SSSR count). The lowest BCUT2D eigenvalue weighted by Crippen LogP contribution is -2.37. The summed E-state index contributed by atoms with van der Waals surface area (Å²) in [6, 6.07) is 5.52. The van der Waals surface area contributed by atoms with Crippen LogP contribution in [0.15, 0.2) is 24.3 Å². The Hall–Kier alpha value is -1.76. The molecule has 0 spiro atoms. The SMILES string of the molecule is O=C(O)C1CSCN1c1ccccc1[N+](=O)[O-]. The van der Waals surface area contributed by atoms with Crippen molar-refractivity contribution in [2.75, 3.05) is 16.5 Å². The zero-order chi connectivity index (χ0) is 12.4. The van der Waals surface area contributed by atoms with E-state index in [2.05, 4.69) is 0 Å². The topological polar surface area (TPSA) is 83.7 Å². The third-order valence-electron chi connectivity index (χ3n) is 2.56. The van der Waals surface area contributed by atoms with Crippen LogP contribution in [0.2, 0.25) is 0 Å². The Kier molecular flexibility index (Phi) is 3.19. The minimum atomic E-state index is -0.951. The molecule has 0 aliphatic carbocycles. The summed E-state index contributed by atoms with van der Waals surface area (Å²) in [5.41, 5.74) is 0.316. The van der Waals surface area contributed by atoms with E-state index in [-0.39, 0.29) is 5.69 Å². The number of carboxylic acids is 1. The predicted octanol–water partition coefficient (Wildman–Crippen LogP) is 1.56. The predicted molar refractivity (Wildman–Crippen MR) is 64.3 cm³/mol. The van der Waals surface area contributed by atoms with Gasteiger partial charge in [0.2, 0.25) is 0 Å². The van der Waals surface area contributed by atoms with Crippen LogP contribution in [0.5, 0.6) is 0 Å². The molecule has 1 aliphatic heterocycles. The van der Waals surface area contributed by atoms with E-state index < -0.39 is 16.9 Å². The third-order valence-corrected chi connectivity index (χ3v) is 3.57. The van der Waals surface area contributed by atoms with E-state index in [1.807, 2.05) is 0 Å². The summed E-state index contributed by atoms with van der Waals surface area (Å²) in [7, 11) is 0. The van der Waals surface area contributed by atoms with Gasteiger partial charge in [-0.05, 0) is 6.07 Å². The van der Waals surface area contributed by atoms with Crippen molar-refractivity contribution >= 4 is 29.1 Å². The standard InChI is InChI=1S/C10H10N2O4S/c13-10(14)9-5-17-6-11(9)7-3-1-2-4-8(7)12(15)16/h1-4,9H,5-6H2,(H,13,14). The van der Waals surface area contributed by atoms with E-state index >= 15 is 0 Å². The van der Waals surface area contributed by atoms with Gasteiger partial charge in [0.25, 0.3) is 5.69 Å². The summed E-state index contributed by atoms with van der Waals surface area (Å²) in [6.07, 6.45) is 0. The molecule has 0 radical (unpaired) electrons. The number of anilines is 1. The number of aliphatic carboxylic acids is 1. The Balaban J connectivity index is 2.39. The molecule has 1 saturated heterocycles. The van der Waals surface area contributed by atoms with Crippen LogP contribution in [-0.2, 0) is 4.79 Å². The quantitative estimate of drug-likeness (QED) is 0.651. The number of nitro benzene ring substituents is 1. The summed E-state index contributed by atoms with van der Waals surface area (Å²) in [4.78, 5) is 23.0. The Bertz CT molecular complexity index is 465. The summed E-state index contributed by atoms with van der Waals surface area (Å²) < 4.78 is 0. The van der Waals surface area contributed by atoms with Crippen LogP contribution in [-0.4, -0.2) is 33.7 Å². The Labute approximate surface area is 101 Å². The highest BCUT2D eigenvalue weighted by Crippen LogP contribution is 2.34. The highest BCUT2D eigenvalue weighted by Gasteiger charge is 2.34. The van der Waals surface area contributed by atoms with Crippen LogP contribution >= 0.6 is 11.8 Å². The van der Waals surface area contributed by atoms with Crippen LogP contribution in [0.4, 0.5) is 11.4 Å². The second-order valence-corrected chi connectivity index (χ2v) is 4.57. The molecule has 1 aliphatic rings. The number of hydrogen-bond donors (Lipinski definition) is 1. The monoisotopic (exact) mass is 254 g/mol. The van der Waals surface area contributed by atoms with Gasteiger partial charge in [-0.25, -0.2) is 4.79 Å². The largest absolute Gasteiger partial charge is 0.480 e. The normalized spacial score (nSPS) is 19.3. The van der Waals surface area contributed by atoms with Gasteiger partial charge in [0.05, 0.1) is 10.8 Å². The van der Waals surface area contributed by atoms with E-state index in [0.717, 1.165) is 0 Å². The summed E-state index contributed by atoms with van der Waals surface area (Å²) in [5.74, 6) is -0.0448. The van der Waals surface area contributed by atoms with Gasteiger partial charge in [-0.2, -0.15) is 0 Å². The van der Waals surface area contributed by atoms with Crippen LogP contribution in [0, 0.1) is 10.1 Å². The molecule has 1 fully saturated rings. The second-order valence-electron chi connectivity index (χ2n) is 3.57. The number of nitro groups is 1. The molecule has 1 aromatic carbocycles. The Morgan fingerprint density at radius 3 is 2.88 bits per heavy atom. The minimum absolute atomic E-state index is 0.0544. The number of benzene rings is 1. The lowest BCUT2D eigenvalue weighted by Gasteiger charge is -2.22. The first-order valence-corrected chi connectivity index (χ1v) is 6.07. The van der Waals surface area contributed by atoms with Crippen molar-refractivity contribution in [2.45, 2.75) is 6.04 Å². The van der Waals surface area contributed by atoms with Crippen molar-refractivity contribution in [3.8, 4) is 0 Å². The van der Waals surface area contributed by atoms with Gasteiger partial charge < -0.3 is 10.0 Å². The van der Waals surface area contributed by atoms with Crippen molar-refractivity contribution in [3.63, 3.8) is 0 Å². The maximum absolute atomic E-state index is 11.0. The van der Waals surface area contributed by atoms with Crippen LogP contribution in [0.25, 0.3) is 0 Å². The van der Waals surface area contributed by atoms with E-state index in [0.29, 0.717) is 17.3 Å². The van der Waals surface area contributed by atoms with E-state index in [9.17, 15) is 14.9 Å². The van der Waals surface area contributed by atoms with Crippen molar-refractivity contribution in [2.24, 2.45) is 0 Å². The van der Waals surface area contributed by atoms with Gasteiger partial charge in [-0.15, -0.1) is 11.8 Å². The smallest absolute Gasteiger partial charge is 0.327 e. The lowest BCUT2D eigenvalue weighted by molar-refractivity contribution is -0.384. The molecule has 1 heterocycles. The van der Waals surface area contributed by atoms with Crippen molar-refractivity contribution in [1.29, 1.82) is 0 Å². The average molecular weight is 254 g/mol. The Morgan fingerprint density at radius 2 is 2.24 bits per heavy atom. The number of thioether (sulfide) groups is 1. The fourth-order valence-corrected chi connectivity index (χ4v) is 2.91. The fraction of sp³-hybridized carbons (Fsp3) is 0.300. The number of nitrogens with zero attached hydrogens (tertiary/aromatic N) is 2. The average Bonchev–Trinajstić information content (AvgIpc) is 2.77. The molecule has 1 unspecified atom stereocenters. The van der Waals surface area contributed by atoms with Gasteiger partial charge >= 0.3 is 5.97 Å². The number of para-hydroxylation sites is 2. The summed E-state index contributed by atoms with van der Waals surface area (Å²) >= 11 is 1.46. The van der Waals surface area contributed by atoms with Gasteiger partial charge in [0.15, 0.2) is 0 Å². The molecular formula is C10H10N2O4S. The first-order valence-electron chi connectivity index (χ1n) is 4.92. The first-order chi connectivity index (χ1) is 8.11. The molecule has 90 valence electrons. The molecule has 0 aromatic heterocycles. The number of carbonyl (C=O) groups is 1. The van der Waals surface area contributed by atoms with Crippen LogP contribution < -0.4 is 4.90 Å². The molecule has 1 aromatic rings. The number of rotatable bonds is 3. The molecule has 0 bridgehead atoms. The van der Waals surface area contributed by atoms with Gasteiger partial charge in [0.1, 0.15) is 11.7 Å². The zero-order valence-corrected chi connectivity index (χ0v) is 9.59. The maximum atomic E-state index is 11.0. The second kappa shape index (κ2) is 4.62. The van der Waals surface area contributed by atoms with Crippen LogP contribution in [0.3, 0.4) is 0 Å². The van der Waals surface area contributed by atoms with Crippen molar-refractivity contribution < 1.29 is 14.8 Å². The van der Waals surface area contributed by atoms with E-state index in [1.165, 1.54) is 17.8 Å².